The number of nitrogens with zero attached hydrogens (tertiary/aromatic N) is 2. The van der Waals surface area contributed by atoms with Gasteiger partial charge in [0.1, 0.15) is 5.58 Å². The van der Waals surface area contributed by atoms with E-state index < -0.39 is 0 Å². The maximum Gasteiger partial charge on any atom is 0.307 e. The highest BCUT2D eigenvalue weighted by molar-refractivity contribution is 9.11. The number of anilines is 1. The normalized spacial score (nSPS) is 17.7. The van der Waals surface area contributed by atoms with E-state index in [2.05, 4.69) is 94.0 Å². The predicted octanol–water partition coefficient (Wildman–Crippen LogP) is 7.14. The van der Waals surface area contributed by atoms with Crippen molar-refractivity contribution in [3.8, 4) is 0 Å². The van der Waals surface area contributed by atoms with Gasteiger partial charge < -0.3 is 9.32 Å². The van der Waals surface area contributed by atoms with Crippen LogP contribution in [0, 0.1) is 6.92 Å². The highest BCUT2D eigenvalue weighted by Crippen LogP contribution is 2.44. The Morgan fingerprint density at radius 2 is 2.03 bits per heavy atom. The molecule has 1 atom stereocenters. The van der Waals surface area contributed by atoms with E-state index in [9.17, 15) is 4.79 Å². The Kier molecular flexibility index (Phi) is 6.25. The van der Waals surface area contributed by atoms with Crippen LogP contribution in [-0.4, -0.2) is 24.2 Å². The topological polar surface area (TPSA) is 57.8 Å². The Morgan fingerprint density at radius 3 is 2.75 bits per heavy atom. The molecule has 1 amide bonds. The molecule has 1 aliphatic heterocycles. The van der Waals surface area contributed by atoms with Gasteiger partial charge >= 0.3 is 5.91 Å². The smallest absolute Gasteiger partial charge is 0.307 e. The number of benzene rings is 2. The van der Waals surface area contributed by atoms with Gasteiger partial charge in [0, 0.05) is 27.6 Å². The third-order valence-corrected chi connectivity index (χ3v) is 7.27. The standard InChI is InChI=1S/C25H27Br2N3O2/c1-6-30-21-7-14(2)17(9-19(21)15(3)12-25(30,4)5)13-28-29-24(31)22-10-16-8-18(26)11-20(27)23(16)32-22/h7-11,13,15H,6,12H2,1-5H3,(H,29,31)/b28-13-. The summed E-state index contributed by atoms with van der Waals surface area (Å²) in [6.07, 6.45) is 2.81. The molecule has 1 N–H and O–H groups in total. The number of fused-ring (bicyclic) bond motifs is 2. The summed E-state index contributed by atoms with van der Waals surface area (Å²) in [7, 11) is 0. The number of rotatable bonds is 4. The van der Waals surface area contributed by atoms with Gasteiger partial charge in [0.25, 0.3) is 0 Å². The molecule has 0 spiro atoms. The molecular weight excluding hydrogens is 534 g/mol. The van der Waals surface area contributed by atoms with E-state index >= 15 is 0 Å². The second-order valence-electron chi connectivity index (χ2n) is 9.05. The summed E-state index contributed by atoms with van der Waals surface area (Å²) in [5.74, 6) is 0.286. The number of hydrogen-bond acceptors (Lipinski definition) is 4. The van der Waals surface area contributed by atoms with Crippen LogP contribution in [0.1, 0.15) is 67.3 Å². The van der Waals surface area contributed by atoms with E-state index in [4.69, 9.17) is 4.42 Å². The summed E-state index contributed by atoms with van der Waals surface area (Å²) in [5, 5.41) is 5.05. The lowest BCUT2D eigenvalue weighted by Crippen LogP contribution is -2.48. The van der Waals surface area contributed by atoms with Gasteiger partial charge in [-0.05, 0) is 103 Å². The molecule has 168 valence electrons. The maximum atomic E-state index is 12.6. The van der Waals surface area contributed by atoms with E-state index in [1.54, 1.807) is 12.3 Å². The van der Waals surface area contributed by atoms with Crippen LogP contribution in [0.3, 0.4) is 0 Å². The van der Waals surface area contributed by atoms with Gasteiger partial charge in [-0.3, -0.25) is 4.79 Å². The average molecular weight is 561 g/mol. The van der Waals surface area contributed by atoms with Gasteiger partial charge in [-0.2, -0.15) is 5.10 Å². The molecule has 0 saturated heterocycles. The van der Waals surface area contributed by atoms with E-state index in [0.717, 1.165) is 38.4 Å². The van der Waals surface area contributed by atoms with Crippen molar-refractivity contribution in [1.29, 1.82) is 0 Å². The molecule has 0 bridgehead atoms. The van der Waals surface area contributed by atoms with Crippen molar-refractivity contribution in [2.75, 3.05) is 11.4 Å². The summed E-state index contributed by atoms with van der Waals surface area (Å²) in [5.41, 5.74) is 8.12. The van der Waals surface area contributed by atoms with Gasteiger partial charge in [0.15, 0.2) is 5.76 Å². The zero-order valence-corrected chi connectivity index (χ0v) is 22.1. The van der Waals surface area contributed by atoms with Crippen molar-refractivity contribution in [2.45, 2.75) is 52.5 Å². The number of halogens is 2. The van der Waals surface area contributed by atoms with Crippen molar-refractivity contribution in [3.63, 3.8) is 0 Å². The molecular formula is C25H27Br2N3O2. The number of hydrogen-bond donors (Lipinski definition) is 1. The first-order valence-electron chi connectivity index (χ1n) is 10.7. The first-order valence-corrected chi connectivity index (χ1v) is 12.3. The fourth-order valence-corrected chi connectivity index (χ4v) is 6.13. The SMILES string of the molecule is CCN1c2cc(C)c(/C=N\NC(=O)c3cc4cc(Br)cc(Br)c4o3)cc2C(C)CC1(C)C. The molecule has 1 aromatic heterocycles. The van der Waals surface area contributed by atoms with Gasteiger partial charge in [0.05, 0.1) is 10.7 Å². The molecule has 0 saturated carbocycles. The summed E-state index contributed by atoms with van der Waals surface area (Å²) < 4.78 is 7.41. The zero-order chi connectivity index (χ0) is 23.2. The highest BCUT2D eigenvalue weighted by Gasteiger charge is 2.35. The summed E-state index contributed by atoms with van der Waals surface area (Å²) in [6.45, 7) is 12.2. The van der Waals surface area contributed by atoms with Crippen molar-refractivity contribution in [3.05, 3.63) is 61.7 Å². The summed E-state index contributed by atoms with van der Waals surface area (Å²) in [6, 6.07) is 9.95. The molecule has 1 aliphatic rings. The number of hydrazone groups is 1. The first kappa shape index (κ1) is 23.1. The molecule has 0 aliphatic carbocycles. The van der Waals surface area contributed by atoms with Crippen molar-refractivity contribution in [1.82, 2.24) is 5.43 Å². The molecule has 3 aromatic rings. The second-order valence-corrected chi connectivity index (χ2v) is 10.8. The van der Waals surface area contributed by atoms with Crippen molar-refractivity contribution in [2.24, 2.45) is 5.10 Å². The van der Waals surface area contributed by atoms with Crippen LogP contribution in [0.2, 0.25) is 0 Å². The fourth-order valence-electron chi connectivity index (χ4n) is 4.79. The predicted molar refractivity (Wildman–Crippen MR) is 138 cm³/mol. The molecule has 0 fully saturated rings. The van der Waals surface area contributed by atoms with E-state index in [0.29, 0.717) is 11.5 Å². The van der Waals surface area contributed by atoms with E-state index in [1.165, 1.54) is 11.3 Å². The van der Waals surface area contributed by atoms with Crippen LogP contribution in [0.15, 0.2) is 48.8 Å². The Bertz CT molecular complexity index is 1230. The third kappa shape index (κ3) is 4.25. The van der Waals surface area contributed by atoms with Crippen molar-refractivity contribution < 1.29 is 9.21 Å². The minimum absolute atomic E-state index is 0.133. The molecule has 4 rings (SSSR count). The minimum Gasteiger partial charge on any atom is -0.450 e. The lowest BCUT2D eigenvalue weighted by Gasteiger charge is -2.47. The third-order valence-electron chi connectivity index (χ3n) is 6.22. The van der Waals surface area contributed by atoms with Crippen LogP contribution in [-0.2, 0) is 0 Å². The number of nitrogens with one attached hydrogen (secondary N) is 1. The monoisotopic (exact) mass is 559 g/mol. The Morgan fingerprint density at radius 1 is 1.28 bits per heavy atom. The van der Waals surface area contributed by atoms with E-state index in [1.807, 2.05) is 12.1 Å². The van der Waals surface area contributed by atoms with Crippen LogP contribution >= 0.6 is 31.9 Å². The molecule has 2 heterocycles. The van der Waals surface area contributed by atoms with Gasteiger partial charge in [-0.1, -0.05) is 22.9 Å². The Labute approximate surface area is 205 Å². The van der Waals surface area contributed by atoms with Crippen LogP contribution in [0.4, 0.5) is 5.69 Å². The molecule has 0 radical (unpaired) electrons. The van der Waals surface area contributed by atoms with Crippen LogP contribution in [0.5, 0.6) is 0 Å². The largest absolute Gasteiger partial charge is 0.450 e. The lowest BCUT2D eigenvalue weighted by atomic mass is 9.79. The summed E-state index contributed by atoms with van der Waals surface area (Å²) >= 11 is 6.91. The summed E-state index contributed by atoms with van der Waals surface area (Å²) in [4.78, 5) is 15.1. The van der Waals surface area contributed by atoms with Crippen LogP contribution in [0.25, 0.3) is 11.0 Å². The molecule has 2 aromatic carbocycles. The fraction of sp³-hybridized carbons (Fsp3) is 0.360. The number of furan rings is 1. The maximum absolute atomic E-state index is 12.6. The van der Waals surface area contributed by atoms with Crippen molar-refractivity contribution >= 4 is 60.6 Å². The van der Waals surface area contributed by atoms with Crippen LogP contribution < -0.4 is 10.3 Å². The number of amides is 1. The average Bonchev–Trinajstić information content (AvgIpc) is 3.13. The van der Waals surface area contributed by atoms with Gasteiger partial charge in [-0.25, -0.2) is 5.43 Å². The van der Waals surface area contributed by atoms with E-state index in [-0.39, 0.29) is 17.2 Å². The molecule has 1 unspecified atom stereocenters. The molecule has 32 heavy (non-hydrogen) atoms. The highest BCUT2D eigenvalue weighted by atomic mass is 79.9. The number of carbonyl (C=O) groups is 1. The first-order chi connectivity index (χ1) is 15.1. The number of aryl methyl sites for hydroxylation is 1. The zero-order valence-electron chi connectivity index (χ0n) is 18.9. The second kappa shape index (κ2) is 8.67. The molecule has 5 nitrogen and oxygen atoms in total. The lowest BCUT2D eigenvalue weighted by molar-refractivity contribution is 0.0929. The van der Waals surface area contributed by atoms with Gasteiger partial charge in [-0.15, -0.1) is 0 Å². The molecule has 7 heteroatoms. The number of carbonyl (C=O) groups excluding carboxylic acids is 1. The Balaban J connectivity index is 1.56. The minimum atomic E-state index is -0.386. The van der Waals surface area contributed by atoms with Gasteiger partial charge in [0.2, 0.25) is 0 Å². The quantitative estimate of drug-likeness (QED) is 0.272. The Hall–Kier alpha value is -2.12.